The molecule has 90 valence electrons. The van der Waals surface area contributed by atoms with Gasteiger partial charge in [-0.3, -0.25) is 0 Å². The van der Waals surface area contributed by atoms with E-state index in [9.17, 15) is 0 Å². The SMILES string of the molecule is CC(C)NCc1ncoc1C1(C)CCCO1. The van der Waals surface area contributed by atoms with Gasteiger partial charge in [0.1, 0.15) is 5.60 Å². The number of nitrogens with zero attached hydrogens (tertiary/aromatic N) is 1. The van der Waals surface area contributed by atoms with Crippen LogP contribution < -0.4 is 5.32 Å². The Morgan fingerprint density at radius 1 is 1.56 bits per heavy atom. The molecule has 1 aliphatic rings. The number of aromatic nitrogens is 1. The second-order valence-electron chi connectivity index (χ2n) is 4.85. The quantitative estimate of drug-likeness (QED) is 0.851. The van der Waals surface area contributed by atoms with Crippen LogP contribution in [0.3, 0.4) is 0 Å². The second kappa shape index (κ2) is 4.55. The molecule has 0 aromatic carbocycles. The first-order chi connectivity index (χ1) is 7.62. The lowest BCUT2D eigenvalue weighted by Crippen LogP contribution is -2.26. The Morgan fingerprint density at radius 3 is 3.00 bits per heavy atom. The Morgan fingerprint density at radius 2 is 2.38 bits per heavy atom. The van der Waals surface area contributed by atoms with E-state index in [0.29, 0.717) is 6.04 Å². The van der Waals surface area contributed by atoms with Crippen LogP contribution in [-0.4, -0.2) is 17.6 Å². The smallest absolute Gasteiger partial charge is 0.181 e. The van der Waals surface area contributed by atoms with Crippen molar-refractivity contribution in [2.75, 3.05) is 6.61 Å². The van der Waals surface area contributed by atoms with Gasteiger partial charge >= 0.3 is 0 Å². The zero-order chi connectivity index (χ0) is 11.6. The van der Waals surface area contributed by atoms with Gasteiger partial charge in [-0.1, -0.05) is 13.8 Å². The highest BCUT2D eigenvalue weighted by molar-refractivity contribution is 5.16. The number of hydrogen-bond donors (Lipinski definition) is 1. The lowest BCUT2D eigenvalue weighted by molar-refractivity contribution is -0.00186. The molecular formula is C12H20N2O2. The molecule has 0 radical (unpaired) electrons. The van der Waals surface area contributed by atoms with Crippen molar-refractivity contribution in [3.63, 3.8) is 0 Å². The van der Waals surface area contributed by atoms with Crippen molar-refractivity contribution < 1.29 is 9.15 Å². The van der Waals surface area contributed by atoms with Crippen LogP contribution in [0.1, 0.15) is 45.1 Å². The third-order valence-electron chi connectivity index (χ3n) is 3.02. The van der Waals surface area contributed by atoms with Crippen LogP contribution >= 0.6 is 0 Å². The number of oxazole rings is 1. The maximum Gasteiger partial charge on any atom is 0.181 e. The lowest BCUT2D eigenvalue weighted by Gasteiger charge is -2.21. The number of nitrogens with one attached hydrogen (secondary N) is 1. The molecule has 1 aromatic heterocycles. The van der Waals surface area contributed by atoms with E-state index in [1.165, 1.54) is 6.39 Å². The molecule has 1 N–H and O–H groups in total. The standard InChI is InChI=1S/C12H20N2O2/c1-9(2)13-7-10-11(15-8-14-10)12(3)5-4-6-16-12/h8-9,13H,4-7H2,1-3H3. The highest BCUT2D eigenvalue weighted by Crippen LogP contribution is 2.37. The molecule has 1 unspecified atom stereocenters. The van der Waals surface area contributed by atoms with Crippen LogP contribution in [0.25, 0.3) is 0 Å². The molecule has 0 spiro atoms. The van der Waals surface area contributed by atoms with Crippen molar-refractivity contribution in [1.29, 1.82) is 0 Å². The molecule has 0 bridgehead atoms. The summed E-state index contributed by atoms with van der Waals surface area (Å²) >= 11 is 0. The van der Waals surface area contributed by atoms with Gasteiger partial charge in [0.2, 0.25) is 0 Å². The molecule has 1 aromatic rings. The first-order valence-corrected chi connectivity index (χ1v) is 5.92. The van der Waals surface area contributed by atoms with E-state index in [2.05, 4.69) is 31.1 Å². The number of ether oxygens (including phenoxy) is 1. The zero-order valence-corrected chi connectivity index (χ0v) is 10.2. The fraction of sp³-hybridized carbons (Fsp3) is 0.750. The summed E-state index contributed by atoms with van der Waals surface area (Å²) in [5, 5.41) is 3.35. The normalized spacial score (nSPS) is 25.5. The van der Waals surface area contributed by atoms with Crippen LogP contribution in [0.5, 0.6) is 0 Å². The third-order valence-corrected chi connectivity index (χ3v) is 3.02. The van der Waals surface area contributed by atoms with E-state index in [0.717, 1.165) is 37.4 Å². The maximum absolute atomic E-state index is 5.77. The predicted octanol–water partition coefficient (Wildman–Crippen LogP) is 2.20. The summed E-state index contributed by atoms with van der Waals surface area (Å²) in [6.45, 7) is 7.87. The molecule has 4 nitrogen and oxygen atoms in total. The molecule has 0 amide bonds. The van der Waals surface area contributed by atoms with Crippen molar-refractivity contribution in [2.45, 2.75) is 51.8 Å². The minimum absolute atomic E-state index is 0.273. The van der Waals surface area contributed by atoms with Crippen LogP contribution in [-0.2, 0) is 16.9 Å². The maximum atomic E-state index is 5.77. The summed E-state index contributed by atoms with van der Waals surface area (Å²) in [5.41, 5.74) is 0.697. The van der Waals surface area contributed by atoms with Crippen LogP contribution in [0.4, 0.5) is 0 Å². The van der Waals surface area contributed by atoms with Gasteiger partial charge in [-0.15, -0.1) is 0 Å². The molecule has 0 aliphatic carbocycles. The lowest BCUT2D eigenvalue weighted by atomic mass is 9.98. The fourth-order valence-corrected chi connectivity index (χ4v) is 2.08. The average molecular weight is 224 g/mol. The molecule has 2 rings (SSSR count). The zero-order valence-electron chi connectivity index (χ0n) is 10.2. The number of hydrogen-bond acceptors (Lipinski definition) is 4. The van der Waals surface area contributed by atoms with E-state index in [1.807, 2.05) is 0 Å². The van der Waals surface area contributed by atoms with Crippen molar-refractivity contribution in [3.05, 3.63) is 17.8 Å². The number of rotatable bonds is 4. The average Bonchev–Trinajstić information content (AvgIpc) is 2.83. The Bertz CT molecular complexity index is 341. The van der Waals surface area contributed by atoms with E-state index in [-0.39, 0.29) is 5.60 Å². The first kappa shape index (κ1) is 11.6. The van der Waals surface area contributed by atoms with E-state index in [4.69, 9.17) is 9.15 Å². The van der Waals surface area contributed by atoms with Gasteiger partial charge in [0.25, 0.3) is 0 Å². The van der Waals surface area contributed by atoms with E-state index >= 15 is 0 Å². The van der Waals surface area contributed by atoms with Gasteiger partial charge in [-0.25, -0.2) is 4.98 Å². The molecular weight excluding hydrogens is 204 g/mol. The predicted molar refractivity (Wildman–Crippen MR) is 61.0 cm³/mol. The molecule has 2 heterocycles. The summed E-state index contributed by atoms with van der Waals surface area (Å²) in [6, 6.07) is 0.446. The Hall–Kier alpha value is -0.870. The Kier molecular flexibility index (Phi) is 3.30. The van der Waals surface area contributed by atoms with Gasteiger partial charge in [-0.05, 0) is 19.8 Å². The minimum atomic E-state index is -0.273. The van der Waals surface area contributed by atoms with E-state index < -0.39 is 0 Å². The molecule has 1 fully saturated rings. The summed E-state index contributed by atoms with van der Waals surface area (Å²) < 4.78 is 11.3. The van der Waals surface area contributed by atoms with Gasteiger partial charge in [-0.2, -0.15) is 0 Å². The van der Waals surface area contributed by atoms with Crippen molar-refractivity contribution in [1.82, 2.24) is 10.3 Å². The van der Waals surface area contributed by atoms with Crippen LogP contribution in [0, 0.1) is 0 Å². The topological polar surface area (TPSA) is 47.3 Å². The summed E-state index contributed by atoms with van der Waals surface area (Å²) in [4.78, 5) is 4.27. The van der Waals surface area contributed by atoms with Gasteiger partial charge in [0, 0.05) is 19.2 Å². The van der Waals surface area contributed by atoms with Crippen molar-refractivity contribution >= 4 is 0 Å². The van der Waals surface area contributed by atoms with E-state index in [1.54, 1.807) is 0 Å². The summed E-state index contributed by atoms with van der Waals surface area (Å²) in [5.74, 6) is 0.887. The van der Waals surface area contributed by atoms with Gasteiger partial charge < -0.3 is 14.5 Å². The Labute approximate surface area is 96.4 Å². The largest absolute Gasteiger partial charge is 0.445 e. The molecule has 4 heteroatoms. The summed E-state index contributed by atoms with van der Waals surface area (Å²) in [6.07, 6.45) is 3.62. The molecule has 1 aliphatic heterocycles. The molecule has 0 saturated carbocycles. The monoisotopic (exact) mass is 224 g/mol. The van der Waals surface area contributed by atoms with Crippen LogP contribution in [0.2, 0.25) is 0 Å². The first-order valence-electron chi connectivity index (χ1n) is 5.92. The molecule has 1 atom stereocenters. The fourth-order valence-electron chi connectivity index (χ4n) is 2.08. The van der Waals surface area contributed by atoms with Gasteiger partial charge in [0.15, 0.2) is 12.2 Å². The van der Waals surface area contributed by atoms with Crippen LogP contribution in [0.15, 0.2) is 10.8 Å². The van der Waals surface area contributed by atoms with Crippen molar-refractivity contribution in [2.24, 2.45) is 0 Å². The second-order valence-corrected chi connectivity index (χ2v) is 4.85. The molecule has 1 saturated heterocycles. The van der Waals surface area contributed by atoms with Crippen molar-refractivity contribution in [3.8, 4) is 0 Å². The van der Waals surface area contributed by atoms with Gasteiger partial charge in [0.05, 0.1) is 5.69 Å². The summed E-state index contributed by atoms with van der Waals surface area (Å²) in [7, 11) is 0. The highest BCUT2D eigenvalue weighted by atomic mass is 16.5. The highest BCUT2D eigenvalue weighted by Gasteiger charge is 2.37. The third kappa shape index (κ3) is 2.28. The minimum Gasteiger partial charge on any atom is -0.445 e. The Balaban J connectivity index is 2.12. The molecule has 16 heavy (non-hydrogen) atoms.